The van der Waals surface area contributed by atoms with Gasteiger partial charge in [-0.05, 0) is 54.2 Å². The molecule has 0 bridgehead atoms. The van der Waals surface area contributed by atoms with Crippen LogP contribution in [0.5, 0.6) is 5.75 Å². The highest BCUT2D eigenvalue weighted by atomic mass is 32.2. The van der Waals surface area contributed by atoms with E-state index in [0.29, 0.717) is 25.3 Å². The molecule has 1 saturated heterocycles. The van der Waals surface area contributed by atoms with Crippen LogP contribution in [0.15, 0.2) is 65.8 Å². The van der Waals surface area contributed by atoms with Gasteiger partial charge in [0.1, 0.15) is 10.6 Å². The number of anilines is 1. The van der Waals surface area contributed by atoms with E-state index < -0.39 is 15.9 Å². The van der Waals surface area contributed by atoms with E-state index in [-0.39, 0.29) is 28.0 Å². The molecule has 0 aliphatic carbocycles. The molecule has 1 aliphatic rings. The van der Waals surface area contributed by atoms with E-state index in [1.165, 1.54) is 23.5 Å². The molecule has 2 atom stereocenters. The molecule has 9 heteroatoms. The number of carbonyl (C=O) groups excluding carboxylic acids is 1. The summed E-state index contributed by atoms with van der Waals surface area (Å²) in [7, 11) is -2.39. The lowest BCUT2D eigenvalue weighted by molar-refractivity contribution is 0.102. The second kappa shape index (κ2) is 9.99. The topological polar surface area (TPSA) is 93.5 Å². The van der Waals surface area contributed by atoms with Crippen molar-refractivity contribution in [2.75, 3.05) is 25.5 Å². The van der Waals surface area contributed by atoms with Crippen LogP contribution in [0, 0.1) is 11.8 Å². The minimum Gasteiger partial charge on any atom is -0.495 e. The van der Waals surface area contributed by atoms with Crippen LogP contribution >= 0.6 is 0 Å². The van der Waals surface area contributed by atoms with Crippen molar-refractivity contribution < 1.29 is 17.9 Å². The van der Waals surface area contributed by atoms with Gasteiger partial charge in [0, 0.05) is 36.7 Å². The summed E-state index contributed by atoms with van der Waals surface area (Å²) in [4.78, 5) is 13.2. The Labute approximate surface area is 200 Å². The van der Waals surface area contributed by atoms with Crippen molar-refractivity contribution >= 4 is 21.6 Å². The lowest BCUT2D eigenvalue weighted by Crippen LogP contribution is -2.42. The molecule has 2 unspecified atom stereocenters. The normalized spacial score (nSPS) is 19.0. The van der Waals surface area contributed by atoms with Gasteiger partial charge in [-0.3, -0.25) is 9.48 Å². The van der Waals surface area contributed by atoms with Gasteiger partial charge in [-0.2, -0.15) is 9.40 Å². The van der Waals surface area contributed by atoms with Gasteiger partial charge in [0.2, 0.25) is 10.0 Å². The number of hydrogen-bond acceptors (Lipinski definition) is 5. The molecule has 34 heavy (non-hydrogen) atoms. The first-order chi connectivity index (χ1) is 16.3. The number of hydrogen-bond donors (Lipinski definition) is 1. The predicted octanol–water partition coefficient (Wildman–Crippen LogP) is 3.86. The van der Waals surface area contributed by atoms with Crippen molar-refractivity contribution in [1.82, 2.24) is 14.1 Å². The smallest absolute Gasteiger partial charge is 0.255 e. The molecular weight excluding hydrogens is 452 g/mol. The number of nitrogens with zero attached hydrogens (tertiary/aromatic N) is 3. The van der Waals surface area contributed by atoms with Crippen LogP contribution in [0.4, 0.5) is 5.69 Å². The van der Waals surface area contributed by atoms with Crippen molar-refractivity contribution in [2.24, 2.45) is 11.8 Å². The van der Waals surface area contributed by atoms with E-state index in [2.05, 4.69) is 24.3 Å². The Morgan fingerprint density at radius 2 is 1.85 bits per heavy atom. The van der Waals surface area contributed by atoms with Crippen LogP contribution in [-0.2, 0) is 16.6 Å². The zero-order chi connectivity index (χ0) is 24.3. The van der Waals surface area contributed by atoms with Crippen LogP contribution < -0.4 is 10.1 Å². The fourth-order valence-corrected chi connectivity index (χ4v) is 6.36. The van der Waals surface area contributed by atoms with Gasteiger partial charge in [0.25, 0.3) is 5.91 Å². The molecule has 1 fully saturated rings. The summed E-state index contributed by atoms with van der Waals surface area (Å²) >= 11 is 0. The number of para-hydroxylation sites is 1. The Hall–Kier alpha value is -3.17. The first-order valence-corrected chi connectivity index (χ1v) is 12.8. The first-order valence-electron chi connectivity index (χ1n) is 11.3. The highest BCUT2D eigenvalue weighted by molar-refractivity contribution is 7.89. The Bertz CT molecular complexity index is 1250. The fourth-order valence-electron chi connectivity index (χ4n) is 4.50. The van der Waals surface area contributed by atoms with Gasteiger partial charge in [0.15, 0.2) is 0 Å². The van der Waals surface area contributed by atoms with E-state index in [0.717, 1.165) is 12.0 Å². The number of benzene rings is 2. The number of sulfonamides is 1. The molecule has 8 nitrogen and oxygen atoms in total. The zero-order valence-corrected chi connectivity index (χ0v) is 20.5. The summed E-state index contributed by atoms with van der Waals surface area (Å²) in [5.74, 6) is 0.360. The van der Waals surface area contributed by atoms with Gasteiger partial charge in [0.05, 0.1) is 13.7 Å². The second-order valence-electron chi connectivity index (χ2n) is 8.95. The van der Waals surface area contributed by atoms with Gasteiger partial charge < -0.3 is 10.1 Å². The number of methoxy groups -OCH3 is 1. The summed E-state index contributed by atoms with van der Waals surface area (Å²) in [5.41, 5.74) is 1.77. The van der Waals surface area contributed by atoms with E-state index >= 15 is 0 Å². The summed E-state index contributed by atoms with van der Waals surface area (Å²) in [6.45, 7) is 5.51. The lowest BCUT2D eigenvalue weighted by atomic mass is 9.94. The zero-order valence-electron chi connectivity index (χ0n) is 19.6. The number of aromatic nitrogens is 2. The van der Waals surface area contributed by atoms with Crippen molar-refractivity contribution in [3.8, 4) is 5.75 Å². The predicted molar refractivity (Wildman–Crippen MR) is 130 cm³/mol. The van der Waals surface area contributed by atoms with Crippen molar-refractivity contribution in [1.29, 1.82) is 0 Å². The number of amides is 1. The standard InChI is InChI=1S/C25H30N4O4S/c1-18-13-19(2)16-29(15-18)34(31,32)24-14-20(9-10-23(24)33-3)25(30)27-22-8-5-4-7-21(22)17-28-12-6-11-26-28/h4-12,14,18-19H,13,15-17H2,1-3H3,(H,27,30). The van der Waals surface area contributed by atoms with Gasteiger partial charge >= 0.3 is 0 Å². The molecular formula is C25H30N4O4S. The molecule has 0 spiro atoms. The molecule has 1 aliphatic heterocycles. The van der Waals surface area contributed by atoms with Gasteiger partial charge in [-0.1, -0.05) is 32.0 Å². The van der Waals surface area contributed by atoms with Crippen LogP contribution in [-0.4, -0.2) is 48.6 Å². The fraction of sp³-hybridized carbons (Fsp3) is 0.360. The lowest BCUT2D eigenvalue weighted by Gasteiger charge is -2.34. The first kappa shape index (κ1) is 24.0. The van der Waals surface area contributed by atoms with E-state index in [1.807, 2.05) is 36.5 Å². The van der Waals surface area contributed by atoms with Crippen LogP contribution in [0.3, 0.4) is 0 Å². The third-order valence-corrected chi connectivity index (χ3v) is 7.89. The molecule has 1 amide bonds. The molecule has 2 heterocycles. The van der Waals surface area contributed by atoms with E-state index in [4.69, 9.17) is 4.74 Å². The maximum atomic E-state index is 13.5. The third kappa shape index (κ3) is 5.15. The molecule has 0 saturated carbocycles. The molecule has 0 radical (unpaired) electrons. The summed E-state index contributed by atoms with van der Waals surface area (Å²) in [5, 5.41) is 7.14. The van der Waals surface area contributed by atoms with Crippen molar-refractivity contribution in [2.45, 2.75) is 31.7 Å². The van der Waals surface area contributed by atoms with Crippen molar-refractivity contribution in [3.63, 3.8) is 0 Å². The maximum absolute atomic E-state index is 13.5. The summed E-state index contributed by atoms with van der Waals surface area (Å²) in [6.07, 6.45) is 4.54. The Kier molecular flexibility index (Phi) is 7.04. The molecule has 180 valence electrons. The largest absolute Gasteiger partial charge is 0.495 e. The second-order valence-corrected chi connectivity index (χ2v) is 10.9. The molecule has 2 aromatic carbocycles. The quantitative estimate of drug-likeness (QED) is 0.552. The van der Waals surface area contributed by atoms with Crippen LogP contribution in [0.2, 0.25) is 0 Å². The highest BCUT2D eigenvalue weighted by Crippen LogP contribution is 2.32. The van der Waals surface area contributed by atoms with Crippen LogP contribution in [0.1, 0.15) is 36.2 Å². The minimum absolute atomic E-state index is 0.00813. The molecule has 3 aromatic rings. The number of rotatable bonds is 7. The monoisotopic (exact) mass is 482 g/mol. The number of piperidine rings is 1. The number of carbonyl (C=O) groups is 1. The number of nitrogens with one attached hydrogen (secondary N) is 1. The molecule has 1 aromatic heterocycles. The summed E-state index contributed by atoms with van der Waals surface area (Å²) < 4.78 is 35.7. The Balaban J connectivity index is 1.62. The van der Waals surface area contributed by atoms with E-state index in [9.17, 15) is 13.2 Å². The summed E-state index contributed by atoms with van der Waals surface area (Å²) in [6, 6.07) is 13.8. The minimum atomic E-state index is -3.83. The Morgan fingerprint density at radius 3 is 2.53 bits per heavy atom. The van der Waals surface area contributed by atoms with E-state index in [1.54, 1.807) is 16.9 Å². The maximum Gasteiger partial charge on any atom is 0.255 e. The highest BCUT2D eigenvalue weighted by Gasteiger charge is 2.34. The SMILES string of the molecule is COc1ccc(C(=O)Nc2ccccc2Cn2cccn2)cc1S(=O)(=O)N1CC(C)CC(C)C1. The average Bonchev–Trinajstić information content (AvgIpc) is 3.32. The average molecular weight is 483 g/mol. The molecule has 1 N–H and O–H groups in total. The number of ether oxygens (including phenoxy) is 1. The Morgan fingerprint density at radius 1 is 1.12 bits per heavy atom. The van der Waals surface area contributed by atoms with Crippen LogP contribution in [0.25, 0.3) is 0 Å². The van der Waals surface area contributed by atoms with Gasteiger partial charge in [-0.15, -0.1) is 0 Å². The molecule has 4 rings (SSSR count). The van der Waals surface area contributed by atoms with Gasteiger partial charge in [-0.25, -0.2) is 8.42 Å². The third-order valence-electron chi connectivity index (χ3n) is 6.04. The van der Waals surface area contributed by atoms with Crippen molar-refractivity contribution in [3.05, 3.63) is 72.1 Å².